The average molecular weight is 153 g/mol. The molecule has 1 saturated carbocycles. The summed E-state index contributed by atoms with van der Waals surface area (Å²) in [5, 5.41) is 18.1. The number of aliphatic hydroxyl groups excluding tert-OH is 1. The predicted molar refractivity (Wildman–Crippen MR) is 42.8 cm³/mol. The number of aliphatic hydroxyl groups is 1. The smallest absolute Gasteiger partial charge is 0.0722 e. The van der Waals surface area contributed by atoms with Crippen LogP contribution in [0.4, 0.5) is 0 Å². The van der Waals surface area contributed by atoms with Crippen LogP contribution in [-0.2, 0) is 0 Å². The van der Waals surface area contributed by atoms with E-state index in [0.717, 1.165) is 25.7 Å². The number of hydrogen-bond acceptors (Lipinski definition) is 2. The summed E-state index contributed by atoms with van der Waals surface area (Å²) >= 11 is 0. The van der Waals surface area contributed by atoms with Crippen LogP contribution in [0.25, 0.3) is 0 Å². The van der Waals surface area contributed by atoms with Crippen LogP contribution in [0, 0.1) is 17.2 Å². The van der Waals surface area contributed by atoms with Crippen molar-refractivity contribution in [3.63, 3.8) is 0 Å². The molecule has 1 fully saturated rings. The van der Waals surface area contributed by atoms with Crippen molar-refractivity contribution < 1.29 is 5.11 Å². The van der Waals surface area contributed by atoms with Gasteiger partial charge in [0.05, 0.1) is 18.1 Å². The third-order valence-corrected chi connectivity index (χ3v) is 2.40. The second kappa shape index (κ2) is 4.35. The average Bonchev–Trinajstić information content (AvgIpc) is 1.98. The fraction of sp³-hybridized carbons (Fsp3) is 0.889. The highest BCUT2D eigenvalue weighted by atomic mass is 16.3. The molecular weight excluding hydrogens is 138 g/mol. The Hall–Kier alpha value is -0.550. The van der Waals surface area contributed by atoms with Crippen LogP contribution in [0.3, 0.4) is 0 Å². The summed E-state index contributed by atoms with van der Waals surface area (Å²) in [6.45, 7) is 0. The van der Waals surface area contributed by atoms with E-state index in [4.69, 9.17) is 5.26 Å². The molecule has 1 N–H and O–H groups in total. The number of nitriles is 1. The van der Waals surface area contributed by atoms with Gasteiger partial charge in [-0.15, -0.1) is 0 Å². The second-order valence-electron chi connectivity index (χ2n) is 3.29. The summed E-state index contributed by atoms with van der Waals surface area (Å²) in [6, 6.07) is 2.17. The molecule has 0 unspecified atom stereocenters. The molecule has 1 aliphatic rings. The lowest BCUT2D eigenvalue weighted by Crippen LogP contribution is -2.20. The first-order valence-electron chi connectivity index (χ1n) is 4.42. The minimum atomic E-state index is -0.361. The first kappa shape index (κ1) is 8.55. The van der Waals surface area contributed by atoms with Crippen LogP contribution >= 0.6 is 0 Å². The molecule has 0 aromatic rings. The van der Waals surface area contributed by atoms with Crippen molar-refractivity contribution in [3.05, 3.63) is 0 Å². The van der Waals surface area contributed by atoms with Crippen molar-refractivity contribution in [1.82, 2.24) is 0 Å². The van der Waals surface area contributed by atoms with E-state index in [9.17, 15) is 5.11 Å². The largest absolute Gasteiger partial charge is 0.392 e. The highest BCUT2D eigenvalue weighted by Crippen LogP contribution is 2.21. The molecule has 0 aliphatic heterocycles. The van der Waals surface area contributed by atoms with Crippen LogP contribution in [-0.4, -0.2) is 11.2 Å². The van der Waals surface area contributed by atoms with Crippen molar-refractivity contribution in [2.75, 3.05) is 0 Å². The van der Waals surface area contributed by atoms with E-state index < -0.39 is 0 Å². The van der Waals surface area contributed by atoms with Gasteiger partial charge >= 0.3 is 0 Å². The SMILES string of the molecule is N#C[C@H]1CCCCCC[C@@H]1O. The predicted octanol–water partition coefficient (Wildman–Crippen LogP) is 1.84. The maximum absolute atomic E-state index is 9.45. The van der Waals surface area contributed by atoms with Gasteiger partial charge in [-0.05, 0) is 12.8 Å². The van der Waals surface area contributed by atoms with E-state index in [1.54, 1.807) is 0 Å². The van der Waals surface area contributed by atoms with Gasteiger partial charge in [0.15, 0.2) is 0 Å². The van der Waals surface area contributed by atoms with E-state index in [0.29, 0.717) is 0 Å². The number of rotatable bonds is 0. The highest BCUT2D eigenvalue weighted by Gasteiger charge is 2.19. The summed E-state index contributed by atoms with van der Waals surface area (Å²) in [7, 11) is 0. The molecule has 2 heteroatoms. The van der Waals surface area contributed by atoms with Crippen molar-refractivity contribution >= 4 is 0 Å². The molecule has 0 amide bonds. The van der Waals surface area contributed by atoms with E-state index in [1.807, 2.05) is 0 Å². The first-order chi connectivity index (χ1) is 5.34. The van der Waals surface area contributed by atoms with Gasteiger partial charge in [-0.2, -0.15) is 5.26 Å². The molecule has 0 saturated heterocycles. The molecule has 1 aliphatic carbocycles. The fourth-order valence-electron chi connectivity index (χ4n) is 1.62. The standard InChI is InChI=1S/C9H15NO/c10-7-8-5-3-1-2-4-6-9(8)11/h8-9,11H,1-6H2/t8-,9+/m1/s1. The summed E-state index contributed by atoms with van der Waals surface area (Å²) < 4.78 is 0. The molecule has 11 heavy (non-hydrogen) atoms. The Morgan fingerprint density at radius 3 is 2.36 bits per heavy atom. The summed E-state index contributed by atoms with van der Waals surface area (Å²) in [5.41, 5.74) is 0. The van der Waals surface area contributed by atoms with E-state index in [2.05, 4.69) is 6.07 Å². The first-order valence-corrected chi connectivity index (χ1v) is 4.42. The monoisotopic (exact) mass is 153 g/mol. The van der Waals surface area contributed by atoms with Gasteiger partial charge in [-0.1, -0.05) is 25.7 Å². The molecule has 2 atom stereocenters. The molecule has 0 aromatic carbocycles. The highest BCUT2D eigenvalue weighted by molar-refractivity contribution is 4.88. The van der Waals surface area contributed by atoms with Crippen LogP contribution in [0.2, 0.25) is 0 Å². The van der Waals surface area contributed by atoms with Gasteiger partial charge in [0, 0.05) is 0 Å². The van der Waals surface area contributed by atoms with Crippen LogP contribution in [0.15, 0.2) is 0 Å². The Balaban J connectivity index is 2.41. The fourth-order valence-corrected chi connectivity index (χ4v) is 1.62. The van der Waals surface area contributed by atoms with Crippen LogP contribution in [0.5, 0.6) is 0 Å². The third-order valence-electron chi connectivity index (χ3n) is 2.40. The summed E-state index contributed by atoms with van der Waals surface area (Å²) in [6.07, 6.45) is 5.98. The van der Waals surface area contributed by atoms with Gasteiger partial charge in [-0.3, -0.25) is 0 Å². The third kappa shape index (κ3) is 2.51. The minimum Gasteiger partial charge on any atom is -0.392 e. The number of hydrogen-bond donors (Lipinski definition) is 1. The van der Waals surface area contributed by atoms with E-state index in [1.165, 1.54) is 12.8 Å². The van der Waals surface area contributed by atoms with Gasteiger partial charge in [0.2, 0.25) is 0 Å². The van der Waals surface area contributed by atoms with E-state index in [-0.39, 0.29) is 12.0 Å². The van der Waals surface area contributed by atoms with Gasteiger partial charge in [0.1, 0.15) is 0 Å². The zero-order chi connectivity index (χ0) is 8.10. The van der Waals surface area contributed by atoms with Gasteiger partial charge in [0.25, 0.3) is 0 Å². The molecule has 2 nitrogen and oxygen atoms in total. The summed E-state index contributed by atoms with van der Waals surface area (Å²) in [4.78, 5) is 0. The molecule has 0 heterocycles. The topological polar surface area (TPSA) is 44.0 Å². The summed E-state index contributed by atoms with van der Waals surface area (Å²) in [5.74, 6) is -0.102. The minimum absolute atomic E-state index is 0.102. The zero-order valence-corrected chi connectivity index (χ0v) is 6.79. The normalized spacial score (nSPS) is 33.5. The number of nitrogens with zero attached hydrogens (tertiary/aromatic N) is 1. The van der Waals surface area contributed by atoms with Crippen molar-refractivity contribution in [2.24, 2.45) is 5.92 Å². The van der Waals surface area contributed by atoms with Crippen LogP contribution < -0.4 is 0 Å². The lowest BCUT2D eigenvalue weighted by atomic mass is 9.90. The molecule has 62 valence electrons. The molecule has 0 spiro atoms. The zero-order valence-electron chi connectivity index (χ0n) is 6.79. The van der Waals surface area contributed by atoms with Crippen molar-refractivity contribution in [1.29, 1.82) is 5.26 Å². The van der Waals surface area contributed by atoms with Gasteiger partial charge < -0.3 is 5.11 Å². The maximum Gasteiger partial charge on any atom is 0.0722 e. The Bertz CT molecular complexity index is 150. The van der Waals surface area contributed by atoms with Crippen LogP contribution in [0.1, 0.15) is 38.5 Å². The Morgan fingerprint density at radius 1 is 1.09 bits per heavy atom. The Kier molecular flexibility index (Phi) is 3.38. The molecule has 1 rings (SSSR count). The quantitative estimate of drug-likeness (QED) is 0.577. The molecule has 0 aromatic heterocycles. The molecule has 0 radical (unpaired) electrons. The Labute approximate surface area is 67.8 Å². The Morgan fingerprint density at radius 2 is 1.73 bits per heavy atom. The maximum atomic E-state index is 9.45. The van der Waals surface area contributed by atoms with Crippen molar-refractivity contribution in [2.45, 2.75) is 44.6 Å². The van der Waals surface area contributed by atoms with Gasteiger partial charge in [-0.25, -0.2) is 0 Å². The lowest BCUT2D eigenvalue weighted by molar-refractivity contribution is 0.109. The van der Waals surface area contributed by atoms with Crippen molar-refractivity contribution in [3.8, 4) is 6.07 Å². The molecular formula is C9H15NO. The molecule has 0 bridgehead atoms. The lowest BCUT2D eigenvalue weighted by Gasteiger charge is -2.18. The second-order valence-corrected chi connectivity index (χ2v) is 3.29. The van der Waals surface area contributed by atoms with E-state index >= 15 is 0 Å².